The van der Waals surface area contributed by atoms with Gasteiger partial charge in [-0.25, -0.2) is 0 Å². The van der Waals surface area contributed by atoms with Crippen LogP contribution in [0.5, 0.6) is 5.75 Å². The van der Waals surface area contributed by atoms with E-state index in [4.69, 9.17) is 5.73 Å². The summed E-state index contributed by atoms with van der Waals surface area (Å²) < 4.78 is 0. The van der Waals surface area contributed by atoms with E-state index in [1.165, 1.54) is 18.5 Å². The first kappa shape index (κ1) is 10.9. The van der Waals surface area contributed by atoms with Crippen molar-refractivity contribution >= 4 is 5.91 Å². The molecule has 0 aliphatic heterocycles. The summed E-state index contributed by atoms with van der Waals surface area (Å²) in [5.74, 6) is -0.392. The Hall–Kier alpha value is -1.62. The van der Waals surface area contributed by atoms with Crippen LogP contribution in [0.25, 0.3) is 0 Å². The molecular weight excluding hydrogens is 206 g/mol. The number of pyridine rings is 1. The summed E-state index contributed by atoms with van der Waals surface area (Å²) in [6.07, 6.45) is 5.62. The van der Waals surface area contributed by atoms with Crippen LogP contribution < -0.4 is 11.1 Å². The number of aromatic hydroxyl groups is 1. The van der Waals surface area contributed by atoms with Crippen LogP contribution in [0.4, 0.5) is 0 Å². The Bertz CT molecular complexity index is 396. The number of nitrogens with zero attached hydrogens (tertiary/aromatic N) is 1. The second-order valence-electron chi connectivity index (χ2n) is 4.18. The van der Waals surface area contributed by atoms with E-state index in [1.54, 1.807) is 0 Å². The van der Waals surface area contributed by atoms with Crippen molar-refractivity contribution < 1.29 is 9.90 Å². The maximum Gasteiger partial charge on any atom is 0.255 e. The molecule has 5 nitrogen and oxygen atoms in total. The van der Waals surface area contributed by atoms with Gasteiger partial charge in [0, 0.05) is 12.7 Å². The lowest BCUT2D eigenvalue weighted by Crippen LogP contribution is -2.58. The van der Waals surface area contributed by atoms with E-state index < -0.39 is 0 Å². The van der Waals surface area contributed by atoms with Gasteiger partial charge in [-0.15, -0.1) is 0 Å². The Morgan fingerprint density at radius 2 is 2.38 bits per heavy atom. The van der Waals surface area contributed by atoms with Crippen molar-refractivity contribution in [3.8, 4) is 5.75 Å². The van der Waals surface area contributed by atoms with Crippen molar-refractivity contribution in [1.82, 2.24) is 10.3 Å². The maximum atomic E-state index is 11.9. The van der Waals surface area contributed by atoms with E-state index >= 15 is 0 Å². The van der Waals surface area contributed by atoms with E-state index in [1.807, 2.05) is 0 Å². The topological polar surface area (TPSA) is 88.2 Å². The Morgan fingerprint density at radius 1 is 1.62 bits per heavy atom. The number of rotatable bonds is 3. The minimum absolute atomic E-state index is 0.105. The van der Waals surface area contributed by atoms with Crippen LogP contribution in [0.3, 0.4) is 0 Å². The number of hydrogen-bond acceptors (Lipinski definition) is 4. The average molecular weight is 221 g/mol. The molecule has 0 unspecified atom stereocenters. The lowest BCUT2D eigenvalue weighted by Gasteiger charge is -2.41. The summed E-state index contributed by atoms with van der Waals surface area (Å²) in [5.41, 5.74) is 5.62. The Kier molecular flexibility index (Phi) is 2.78. The third kappa shape index (κ3) is 1.86. The van der Waals surface area contributed by atoms with Gasteiger partial charge in [-0.05, 0) is 25.3 Å². The predicted molar refractivity (Wildman–Crippen MR) is 59.0 cm³/mol. The number of nitrogens with two attached hydrogens (primary N) is 1. The molecule has 1 amide bonds. The van der Waals surface area contributed by atoms with Gasteiger partial charge in [-0.3, -0.25) is 9.78 Å². The van der Waals surface area contributed by atoms with Gasteiger partial charge in [0.05, 0.1) is 17.3 Å². The average Bonchev–Trinajstić information content (AvgIpc) is 2.24. The van der Waals surface area contributed by atoms with Gasteiger partial charge in [0.1, 0.15) is 5.75 Å². The SMILES string of the molecule is NCC1(NC(=O)c2ccncc2O)CCC1. The van der Waals surface area contributed by atoms with Gasteiger partial charge in [-0.2, -0.15) is 0 Å². The number of aromatic nitrogens is 1. The Morgan fingerprint density at radius 3 is 2.88 bits per heavy atom. The lowest BCUT2D eigenvalue weighted by molar-refractivity contribution is 0.0834. The summed E-state index contributed by atoms with van der Waals surface area (Å²) in [5, 5.41) is 12.4. The number of nitrogens with one attached hydrogen (secondary N) is 1. The second kappa shape index (κ2) is 4.09. The van der Waals surface area contributed by atoms with E-state index in [-0.39, 0.29) is 22.8 Å². The fourth-order valence-electron chi connectivity index (χ4n) is 1.87. The molecule has 0 atom stereocenters. The molecule has 1 aliphatic carbocycles. The van der Waals surface area contributed by atoms with Gasteiger partial charge in [0.2, 0.25) is 0 Å². The molecule has 0 bridgehead atoms. The van der Waals surface area contributed by atoms with E-state index in [2.05, 4.69) is 10.3 Å². The van der Waals surface area contributed by atoms with Crippen LogP contribution in [0, 0.1) is 0 Å². The molecule has 0 saturated heterocycles. The van der Waals surface area contributed by atoms with Crippen LogP contribution in [-0.4, -0.2) is 28.1 Å². The smallest absolute Gasteiger partial charge is 0.255 e. The van der Waals surface area contributed by atoms with Crippen LogP contribution in [-0.2, 0) is 0 Å². The quantitative estimate of drug-likeness (QED) is 0.689. The van der Waals surface area contributed by atoms with Gasteiger partial charge in [-0.1, -0.05) is 0 Å². The first-order chi connectivity index (χ1) is 7.67. The molecule has 1 aromatic heterocycles. The summed E-state index contributed by atoms with van der Waals surface area (Å²) >= 11 is 0. The molecule has 1 saturated carbocycles. The zero-order chi connectivity index (χ0) is 11.6. The van der Waals surface area contributed by atoms with Crippen LogP contribution in [0.1, 0.15) is 29.6 Å². The first-order valence-electron chi connectivity index (χ1n) is 5.32. The maximum absolute atomic E-state index is 11.9. The minimum Gasteiger partial charge on any atom is -0.505 e. The summed E-state index contributed by atoms with van der Waals surface area (Å²) in [4.78, 5) is 15.6. The van der Waals surface area contributed by atoms with Crippen LogP contribution >= 0.6 is 0 Å². The molecule has 1 heterocycles. The second-order valence-corrected chi connectivity index (χ2v) is 4.18. The van der Waals surface area contributed by atoms with Gasteiger partial charge in [0.15, 0.2) is 0 Å². The molecule has 0 aromatic carbocycles. The summed E-state index contributed by atoms with van der Waals surface area (Å²) in [6.45, 7) is 0.435. The summed E-state index contributed by atoms with van der Waals surface area (Å²) in [7, 11) is 0. The monoisotopic (exact) mass is 221 g/mol. The van der Waals surface area contributed by atoms with Gasteiger partial charge >= 0.3 is 0 Å². The normalized spacial score (nSPS) is 17.6. The number of carbonyl (C=O) groups excluding carboxylic acids is 1. The fraction of sp³-hybridized carbons (Fsp3) is 0.455. The molecule has 16 heavy (non-hydrogen) atoms. The molecule has 4 N–H and O–H groups in total. The molecular formula is C11H15N3O2. The van der Waals surface area contributed by atoms with Gasteiger partial charge < -0.3 is 16.2 Å². The Balaban J connectivity index is 2.11. The van der Waals surface area contributed by atoms with E-state index in [9.17, 15) is 9.90 Å². The number of amides is 1. The first-order valence-corrected chi connectivity index (χ1v) is 5.32. The largest absolute Gasteiger partial charge is 0.505 e. The molecule has 1 aliphatic rings. The zero-order valence-electron chi connectivity index (χ0n) is 8.94. The third-order valence-electron chi connectivity index (χ3n) is 3.12. The van der Waals surface area contributed by atoms with E-state index in [0.29, 0.717) is 6.54 Å². The van der Waals surface area contributed by atoms with Crippen molar-refractivity contribution in [2.45, 2.75) is 24.8 Å². The highest BCUT2D eigenvalue weighted by Gasteiger charge is 2.37. The number of carbonyl (C=O) groups is 1. The molecule has 1 aromatic rings. The van der Waals surface area contributed by atoms with Crippen LogP contribution in [0.2, 0.25) is 0 Å². The molecule has 2 rings (SSSR count). The molecule has 1 fully saturated rings. The highest BCUT2D eigenvalue weighted by atomic mass is 16.3. The van der Waals surface area contributed by atoms with Crippen molar-refractivity contribution in [2.24, 2.45) is 5.73 Å². The van der Waals surface area contributed by atoms with Crippen molar-refractivity contribution in [3.63, 3.8) is 0 Å². The molecule has 0 spiro atoms. The molecule has 86 valence electrons. The van der Waals surface area contributed by atoms with Crippen molar-refractivity contribution in [2.75, 3.05) is 6.54 Å². The standard InChI is InChI=1S/C11H15N3O2/c12-7-11(3-1-4-11)14-10(16)8-2-5-13-6-9(8)15/h2,5-6,15H,1,3-4,7,12H2,(H,14,16). The third-order valence-corrected chi connectivity index (χ3v) is 3.12. The minimum atomic E-state index is -0.287. The zero-order valence-corrected chi connectivity index (χ0v) is 8.94. The van der Waals surface area contributed by atoms with E-state index in [0.717, 1.165) is 19.3 Å². The highest BCUT2D eigenvalue weighted by Crippen LogP contribution is 2.31. The van der Waals surface area contributed by atoms with Crippen molar-refractivity contribution in [1.29, 1.82) is 0 Å². The lowest BCUT2D eigenvalue weighted by atomic mass is 9.76. The fourth-order valence-corrected chi connectivity index (χ4v) is 1.87. The Labute approximate surface area is 93.7 Å². The molecule has 0 radical (unpaired) electrons. The van der Waals surface area contributed by atoms with Crippen LogP contribution in [0.15, 0.2) is 18.5 Å². The number of hydrogen-bond donors (Lipinski definition) is 3. The molecule has 5 heteroatoms. The van der Waals surface area contributed by atoms with Crippen molar-refractivity contribution in [3.05, 3.63) is 24.0 Å². The summed E-state index contributed by atoms with van der Waals surface area (Å²) in [6, 6.07) is 1.49. The predicted octanol–water partition coefficient (Wildman–Crippen LogP) is 0.398. The highest BCUT2D eigenvalue weighted by molar-refractivity contribution is 5.97. The van der Waals surface area contributed by atoms with Gasteiger partial charge in [0.25, 0.3) is 5.91 Å².